The van der Waals surface area contributed by atoms with Gasteiger partial charge in [0.15, 0.2) is 6.61 Å². The molecule has 0 saturated heterocycles. The Morgan fingerprint density at radius 1 is 1.15 bits per heavy atom. The predicted octanol–water partition coefficient (Wildman–Crippen LogP) is 4.19. The van der Waals surface area contributed by atoms with Gasteiger partial charge in [-0.25, -0.2) is 4.98 Å². The summed E-state index contributed by atoms with van der Waals surface area (Å²) >= 11 is 0. The van der Waals surface area contributed by atoms with Gasteiger partial charge in [-0.05, 0) is 74.3 Å². The molecule has 4 atom stereocenters. The van der Waals surface area contributed by atoms with E-state index in [1.54, 1.807) is 36.5 Å². The normalized spacial score (nSPS) is 24.4. The fourth-order valence-corrected chi connectivity index (χ4v) is 4.59. The van der Waals surface area contributed by atoms with Gasteiger partial charge >= 0.3 is 0 Å². The Bertz CT molecular complexity index is 763. The highest BCUT2D eigenvalue weighted by Gasteiger charge is 2.42. The summed E-state index contributed by atoms with van der Waals surface area (Å²) in [5.41, 5.74) is 0. The zero-order valence-electron chi connectivity index (χ0n) is 15.6. The van der Waals surface area contributed by atoms with Crippen molar-refractivity contribution in [3.8, 4) is 17.4 Å². The number of aromatic nitrogens is 1. The highest BCUT2D eigenvalue weighted by molar-refractivity contribution is 5.77. The van der Waals surface area contributed by atoms with Crippen molar-refractivity contribution in [2.24, 2.45) is 17.8 Å². The zero-order chi connectivity index (χ0) is 18.6. The first-order valence-electron chi connectivity index (χ1n) is 9.78. The van der Waals surface area contributed by atoms with Crippen molar-refractivity contribution in [2.75, 3.05) is 6.61 Å². The number of nitrogens with one attached hydrogen (secondary N) is 1. The Balaban J connectivity index is 1.23. The largest absolute Gasteiger partial charge is 0.484 e. The summed E-state index contributed by atoms with van der Waals surface area (Å²) in [6.45, 7) is 2.17. The molecule has 0 radical (unpaired) electrons. The summed E-state index contributed by atoms with van der Waals surface area (Å²) in [7, 11) is 0. The van der Waals surface area contributed by atoms with Crippen LogP contribution in [0.15, 0.2) is 48.7 Å². The van der Waals surface area contributed by atoms with Gasteiger partial charge in [0.2, 0.25) is 5.88 Å². The molecule has 5 nitrogen and oxygen atoms in total. The van der Waals surface area contributed by atoms with Gasteiger partial charge < -0.3 is 14.8 Å². The van der Waals surface area contributed by atoms with E-state index in [-0.39, 0.29) is 18.6 Å². The lowest BCUT2D eigenvalue weighted by Crippen LogP contribution is -2.42. The second kappa shape index (κ2) is 7.99. The second-order valence-electron chi connectivity index (χ2n) is 7.73. The minimum absolute atomic E-state index is 0.0333. The number of nitrogens with zero attached hydrogens (tertiary/aromatic N) is 1. The van der Waals surface area contributed by atoms with Crippen LogP contribution < -0.4 is 14.8 Å². The minimum Gasteiger partial charge on any atom is -0.484 e. The fraction of sp³-hybridized carbons (Fsp3) is 0.455. The summed E-state index contributed by atoms with van der Waals surface area (Å²) in [6.07, 6.45) is 7.02. The number of fused-ring (bicyclic) bond motifs is 2. The van der Waals surface area contributed by atoms with Crippen LogP contribution in [0.5, 0.6) is 17.4 Å². The minimum atomic E-state index is -0.0564. The van der Waals surface area contributed by atoms with Crippen LogP contribution in [0.4, 0.5) is 0 Å². The summed E-state index contributed by atoms with van der Waals surface area (Å²) in [5.74, 6) is 4.14. The Hall–Kier alpha value is -2.56. The quantitative estimate of drug-likeness (QED) is 0.798. The van der Waals surface area contributed by atoms with E-state index in [1.807, 2.05) is 12.1 Å². The van der Waals surface area contributed by atoms with Gasteiger partial charge in [-0.1, -0.05) is 12.5 Å². The molecule has 2 fully saturated rings. The van der Waals surface area contributed by atoms with Crippen molar-refractivity contribution in [1.82, 2.24) is 10.3 Å². The molecule has 142 valence electrons. The van der Waals surface area contributed by atoms with Crippen LogP contribution in [0.3, 0.4) is 0 Å². The molecule has 2 saturated carbocycles. The Labute approximate surface area is 160 Å². The number of carbonyl (C=O) groups excluding carboxylic acids is 1. The number of amides is 1. The maximum Gasteiger partial charge on any atom is 0.258 e. The Morgan fingerprint density at radius 2 is 1.96 bits per heavy atom. The van der Waals surface area contributed by atoms with E-state index < -0.39 is 0 Å². The van der Waals surface area contributed by atoms with E-state index in [0.717, 1.165) is 11.8 Å². The van der Waals surface area contributed by atoms with Crippen molar-refractivity contribution in [3.63, 3.8) is 0 Å². The molecular weight excluding hydrogens is 340 g/mol. The number of ether oxygens (including phenoxy) is 2. The molecular formula is C22H26N2O3. The molecule has 1 aromatic carbocycles. The van der Waals surface area contributed by atoms with Gasteiger partial charge in [-0.3, -0.25) is 4.79 Å². The first-order valence-corrected chi connectivity index (χ1v) is 9.78. The van der Waals surface area contributed by atoms with Crippen molar-refractivity contribution < 1.29 is 14.3 Å². The number of benzene rings is 1. The van der Waals surface area contributed by atoms with Gasteiger partial charge in [0.05, 0.1) is 0 Å². The Kier molecular flexibility index (Phi) is 5.28. The van der Waals surface area contributed by atoms with Crippen LogP contribution in [0.25, 0.3) is 0 Å². The molecule has 1 amide bonds. The SMILES string of the molecule is C[C@H](NC(=O)COc1ccc(Oc2ccccn2)cc1)[C@@H]1C[C@H]2CC[C@H]1C2. The maximum absolute atomic E-state index is 12.2. The molecule has 0 unspecified atom stereocenters. The van der Waals surface area contributed by atoms with E-state index in [1.165, 1.54) is 25.7 Å². The molecule has 5 heteroatoms. The topological polar surface area (TPSA) is 60.5 Å². The third kappa shape index (κ3) is 4.41. The van der Waals surface area contributed by atoms with E-state index >= 15 is 0 Å². The third-order valence-electron chi connectivity index (χ3n) is 5.88. The number of hydrogen-bond donors (Lipinski definition) is 1. The van der Waals surface area contributed by atoms with E-state index in [0.29, 0.717) is 23.3 Å². The molecule has 1 N–H and O–H groups in total. The standard InChI is InChI=1S/C22H26N2O3/c1-15(20-13-16-5-6-17(20)12-16)24-21(25)14-26-18-7-9-19(10-8-18)27-22-4-2-3-11-23-22/h2-4,7-11,15-17,20H,5-6,12-14H2,1H3,(H,24,25)/t15-,16-,17-,20-/m0/s1. The highest BCUT2D eigenvalue weighted by Crippen LogP contribution is 2.49. The molecule has 1 heterocycles. The second-order valence-corrected chi connectivity index (χ2v) is 7.73. The van der Waals surface area contributed by atoms with E-state index in [2.05, 4.69) is 17.2 Å². The molecule has 2 aromatic rings. The molecule has 0 aliphatic heterocycles. The van der Waals surface area contributed by atoms with Gasteiger partial charge in [0.25, 0.3) is 5.91 Å². The van der Waals surface area contributed by atoms with Gasteiger partial charge in [0, 0.05) is 18.3 Å². The maximum atomic E-state index is 12.2. The molecule has 4 rings (SSSR count). The molecule has 2 bridgehead atoms. The lowest BCUT2D eigenvalue weighted by atomic mass is 9.84. The lowest BCUT2D eigenvalue weighted by Gasteiger charge is -2.28. The summed E-state index contributed by atoms with van der Waals surface area (Å²) in [6, 6.07) is 12.9. The zero-order valence-corrected chi connectivity index (χ0v) is 15.6. The molecule has 2 aliphatic rings. The van der Waals surface area contributed by atoms with Crippen molar-refractivity contribution in [2.45, 2.75) is 38.6 Å². The summed E-state index contributed by atoms with van der Waals surface area (Å²) < 4.78 is 11.3. The van der Waals surface area contributed by atoms with E-state index in [4.69, 9.17) is 9.47 Å². The van der Waals surface area contributed by atoms with Gasteiger partial charge in [0.1, 0.15) is 11.5 Å². The highest BCUT2D eigenvalue weighted by atomic mass is 16.5. The van der Waals surface area contributed by atoms with Crippen LogP contribution in [-0.2, 0) is 4.79 Å². The lowest BCUT2D eigenvalue weighted by molar-refractivity contribution is -0.124. The number of carbonyl (C=O) groups is 1. The molecule has 0 spiro atoms. The number of pyridine rings is 1. The molecule has 1 aromatic heterocycles. The van der Waals surface area contributed by atoms with Crippen molar-refractivity contribution in [1.29, 1.82) is 0 Å². The first kappa shape index (κ1) is 17.8. The van der Waals surface area contributed by atoms with Crippen LogP contribution in [-0.4, -0.2) is 23.5 Å². The summed E-state index contributed by atoms with van der Waals surface area (Å²) in [4.78, 5) is 16.4. The number of rotatable bonds is 7. The average molecular weight is 366 g/mol. The van der Waals surface area contributed by atoms with Crippen LogP contribution in [0.2, 0.25) is 0 Å². The Morgan fingerprint density at radius 3 is 2.63 bits per heavy atom. The van der Waals surface area contributed by atoms with Gasteiger partial charge in [-0.2, -0.15) is 0 Å². The number of hydrogen-bond acceptors (Lipinski definition) is 4. The van der Waals surface area contributed by atoms with Gasteiger partial charge in [-0.15, -0.1) is 0 Å². The van der Waals surface area contributed by atoms with Crippen LogP contribution in [0.1, 0.15) is 32.6 Å². The smallest absolute Gasteiger partial charge is 0.258 e. The van der Waals surface area contributed by atoms with E-state index in [9.17, 15) is 4.79 Å². The van der Waals surface area contributed by atoms with Crippen molar-refractivity contribution in [3.05, 3.63) is 48.7 Å². The first-order chi connectivity index (χ1) is 13.2. The van der Waals surface area contributed by atoms with Crippen molar-refractivity contribution >= 4 is 5.91 Å². The predicted molar refractivity (Wildman–Crippen MR) is 103 cm³/mol. The monoisotopic (exact) mass is 366 g/mol. The fourth-order valence-electron chi connectivity index (χ4n) is 4.59. The average Bonchev–Trinajstić information content (AvgIpc) is 3.32. The summed E-state index contributed by atoms with van der Waals surface area (Å²) in [5, 5.41) is 3.12. The molecule has 2 aliphatic carbocycles. The van der Waals surface area contributed by atoms with Crippen LogP contribution >= 0.6 is 0 Å². The third-order valence-corrected chi connectivity index (χ3v) is 5.88. The van der Waals surface area contributed by atoms with Crippen LogP contribution in [0, 0.1) is 17.8 Å². The molecule has 27 heavy (non-hydrogen) atoms.